The quantitative estimate of drug-likeness (QED) is 0.423. The van der Waals surface area contributed by atoms with Crippen LogP contribution in [0.4, 0.5) is 10.2 Å². The van der Waals surface area contributed by atoms with Crippen molar-refractivity contribution in [1.82, 2.24) is 9.38 Å². The summed E-state index contributed by atoms with van der Waals surface area (Å²) in [5, 5.41) is 10.5. The number of hydrogen-bond acceptors (Lipinski definition) is 4. The highest BCUT2D eigenvalue weighted by Crippen LogP contribution is 2.20. The second-order valence-electron chi connectivity index (χ2n) is 2.77. The van der Waals surface area contributed by atoms with E-state index in [0.717, 1.165) is 16.5 Å². The molecule has 0 aromatic carbocycles. The molecule has 6 nitrogen and oxygen atoms in total. The molecule has 0 aliphatic carbocycles. The van der Waals surface area contributed by atoms with Crippen LogP contribution in [0.2, 0.25) is 0 Å². The molecule has 0 bridgehead atoms. The maximum Gasteiger partial charge on any atom is 0.390 e. The van der Waals surface area contributed by atoms with Crippen LogP contribution in [0.15, 0.2) is 18.3 Å². The molecule has 76 valence electrons. The maximum absolute atomic E-state index is 12.8. The summed E-state index contributed by atoms with van der Waals surface area (Å²) >= 11 is 0. The number of carbonyl (C=O) groups excluding carboxylic acids is 1. The molecule has 0 N–H and O–H groups in total. The van der Waals surface area contributed by atoms with E-state index in [1.54, 1.807) is 0 Å². The molecular formula is C8H4FN3O3. The topological polar surface area (TPSA) is 77.5 Å². The Morgan fingerprint density at radius 1 is 1.60 bits per heavy atom. The summed E-state index contributed by atoms with van der Waals surface area (Å²) in [4.78, 5) is 23.8. The van der Waals surface area contributed by atoms with E-state index in [-0.39, 0.29) is 11.3 Å². The van der Waals surface area contributed by atoms with Gasteiger partial charge in [0.25, 0.3) is 5.82 Å². The number of aldehydes is 1. The number of pyridine rings is 1. The first-order chi connectivity index (χ1) is 7.13. The van der Waals surface area contributed by atoms with Gasteiger partial charge in [-0.2, -0.15) is 0 Å². The fourth-order valence-electron chi connectivity index (χ4n) is 1.28. The van der Waals surface area contributed by atoms with Gasteiger partial charge in [-0.15, -0.1) is 0 Å². The maximum atomic E-state index is 12.8. The number of aromatic nitrogens is 2. The molecular weight excluding hydrogens is 205 g/mol. The minimum atomic E-state index is -0.762. The van der Waals surface area contributed by atoms with Gasteiger partial charge in [0.1, 0.15) is 5.82 Å². The fourth-order valence-corrected chi connectivity index (χ4v) is 1.28. The first kappa shape index (κ1) is 9.25. The molecule has 15 heavy (non-hydrogen) atoms. The van der Waals surface area contributed by atoms with Gasteiger partial charge >= 0.3 is 5.82 Å². The summed E-state index contributed by atoms with van der Waals surface area (Å²) in [6, 6.07) is 2.05. The molecule has 7 heteroatoms. The number of nitrogens with zero attached hydrogens (tertiary/aromatic N) is 3. The van der Waals surface area contributed by atoms with Gasteiger partial charge in [0, 0.05) is 12.3 Å². The number of nitro groups is 1. The van der Waals surface area contributed by atoms with Gasteiger partial charge in [0.05, 0.1) is 0 Å². The number of hydrogen-bond donors (Lipinski definition) is 0. The van der Waals surface area contributed by atoms with E-state index in [1.807, 2.05) is 0 Å². The SMILES string of the molecule is O=Cc1nc([N+](=O)[O-])c2cc(F)ccn12. The van der Waals surface area contributed by atoms with Gasteiger partial charge in [-0.1, -0.05) is 0 Å². The Labute approximate surface area is 82.1 Å². The Balaban J connectivity index is 2.87. The van der Waals surface area contributed by atoms with Crippen LogP contribution >= 0.6 is 0 Å². The van der Waals surface area contributed by atoms with Gasteiger partial charge in [-0.3, -0.25) is 9.20 Å². The van der Waals surface area contributed by atoms with Crippen LogP contribution in [0.5, 0.6) is 0 Å². The zero-order chi connectivity index (χ0) is 11.0. The van der Waals surface area contributed by atoms with Crippen molar-refractivity contribution in [3.63, 3.8) is 0 Å². The van der Waals surface area contributed by atoms with Gasteiger partial charge in [-0.05, 0) is 16.0 Å². The summed E-state index contributed by atoms with van der Waals surface area (Å²) in [6.45, 7) is 0. The standard InChI is InChI=1S/C8H4FN3O3/c9-5-1-2-11-6(3-5)8(12(14)15)10-7(11)4-13/h1-4H. The Morgan fingerprint density at radius 2 is 2.33 bits per heavy atom. The lowest BCUT2D eigenvalue weighted by Gasteiger charge is -1.93. The largest absolute Gasteiger partial charge is 0.390 e. The lowest BCUT2D eigenvalue weighted by Crippen LogP contribution is -1.91. The first-order valence-electron chi connectivity index (χ1n) is 3.90. The zero-order valence-electron chi connectivity index (χ0n) is 7.25. The number of fused-ring (bicyclic) bond motifs is 1. The van der Waals surface area contributed by atoms with Crippen molar-refractivity contribution < 1.29 is 14.1 Å². The highest BCUT2D eigenvalue weighted by Gasteiger charge is 2.21. The normalized spacial score (nSPS) is 10.5. The predicted octanol–water partition coefficient (Wildman–Crippen LogP) is 1.19. The molecule has 0 aliphatic heterocycles. The van der Waals surface area contributed by atoms with Crippen LogP contribution in [0, 0.1) is 15.9 Å². The van der Waals surface area contributed by atoms with Crippen LogP contribution in [-0.4, -0.2) is 20.6 Å². The lowest BCUT2D eigenvalue weighted by atomic mass is 10.4. The van der Waals surface area contributed by atoms with Gasteiger partial charge in [0.15, 0.2) is 5.52 Å². The van der Waals surface area contributed by atoms with Crippen molar-refractivity contribution in [1.29, 1.82) is 0 Å². The Kier molecular flexibility index (Phi) is 1.93. The third-order valence-electron chi connectivity index (χ3n) is 1.89. The summed E-state index contributed by atoms with van der Waals surface area (Å²) in [7, 11) is 0. The molecule has 0 atom stereocenters. The Bertz CT molecular complexity index is 564. The molecule has 2 aromatic rings. The van der Waals surface area contributed by atoms with Crippen LogP contribution in [0.1, 0.15) is 10.6 Å². The first-order valence-corrected chi connectivity index (χ1v) is 3.90. The van der Waals surface area contributed by atoms with E-state index in [1.165, 1.54) is 6.20 Å². The predicted molar refractivity (Wildman–Crippen MR) is 47.2 cm³/mol. The molecule has 0 radical (unpaired) electrons. The minimum absolute atomic E-state index is 0.0397. The van der Waals surface area contributed by atoms with Crippen LogP contribution in [0.3, 0.4) is 0 Å². The van der Waals surface area contributed by atoms with Crippen LogP contribution in [-0.2, 0) is 0 Å². The second kappa shape index (κ2) is 3.12. The van der Waals surface area contributed by atoms with Gasteiger partial charge < -0.3 is 10.1 Å². The van der Waals surface area contributed by atoms with Crippen molar-refractivity contribution in [3.05, 3.63) is 40.1 Å². The van der Waals surface area contributed by atoms with E-state index in [4.69, 9.17) is 0 Å². The smallest absolute Gasteiger partial charge is 0.358 e. The third kappa shape index (κ3) is 1.33. The zero-order valence-corrected chi connectivity index (χ0v) is 7.25. The number of carbonyl (C=O) groups is 1. The molecule has 0 amide bonds. The molecule has 2 rings (SSSR count). The molecule has 0 spiro atoms. The summed E-state index contributed by atoms with van der Waals surface area (Å²) in [5.41, 5.74) is -0.0397. The lowest BCUT2D eigenvalue weighted by molar-refractivity contribution is -0.387. The third-order valence-corrected chi connectivity index (χ3v) is 1.89. The number of imidazole rings is 1. The molecule has 2 aromatic heterocycles. The monoisotopic (exact) mass is 209 g/mol. The van der Waals surface area contributed by atoms with E-state index in [0.29, 0.717) is 6.29 Å². The molecule has 0 fully saturated rings. The van der Waals surface area contributed by atoms with Gasteiger partial charge in [0.2, 0.25) is 6.29 Å². The summed E-state index contributed by atoms with van der Waals surface area (Å²) in [5.74, 6) is -1.28. The van der Waals surface area contributed by atoms with E-state index in [9.17, 15) is 19.3 Å². The fraction of sp³-hybridized carbons (Fsp3) is 0. The number of halogens is 1. The van der Waals surface area contributed by atoms with Crippen molar-refractivity contribution >= 4 is 17.6 Å². The molecule has 0 saturated carbocycles. The highest BCUT2D eigenvalue weighted by molar-refractivity contribution is 5.76. The second-order valence-corrected chi connectivity index (χ2v) is 2.77. The minimum Gasteiger partial charge on any atom is -0.358 e. The average molecular weight is 209 g/mol. The molecule has 0 aliphatic rings. The summed E-state index contributed by atoms with van der Waals surface area (Å²) in [6.07, 6.45) is 1.59. The van der Waals surface area contributed by atoms with E-state index < -0.39 is 16.6 Å². The molecule has 0 saturated heterocycles. The number of rotatable bonds is 2. The van der Waals surface area contributed by atoms with Crippen molar-refractivity contribution in [2.24, 2.45) is 0 Å². The highest BCUT2D eigenvalue weighted by atomic mass is 19.1. The Morgan fingerprint density at radius 3 is 2.93 bits per heavy atom. The van der Waals surface area contributed by atoms with Crippen molar-refractivity contribution in [2.75, 3.05) is 0 Å². The molecule has 2 heterocycles. The van der Waals surface area contributed by atoms with Crippen LogP contribution < -0.4 is 0 Å². The summed E-state index contributed by atoms with van der Waals surface area (Å²) < 4.78 is 14.0. The Hall–Kier alpha value is -2.31. The van der Waals surface area contributed by atoms with Crippen molar-refractivity contribution in [2.45, 2.75) is 0 Å². The van der Waals surface area contributed by atoms with Crippen LogP contribution in [0.25, 0.3) is 5.52 Å². The van der Waals surface area contributed by atoms with E-state index >= 15 is 0 Å². The van der Waals surface area contributed by atoms with Crippen molar-refractivity contribution in [3.8, 4) is 0 Å². The van der Waals surface area contributed by atoms with E-state index in [2.05, 4.69) is 4.98 Å². The molecule has 0 unspecified atom stereocenters. The average Bonchev–Trinajstić information content (AvgIpc) is 2.55. The van der Waals surface area contributed by atoms with Gasteiger partial charge in [-0.25, -0.2) is 4.39 Å².